The molecule has 4 rings (SSSR count). The third kappa shape index (κ3) is 4.49. The Morgan fingerprint density at radius 3 is 2.83 bits per heavy atom. The van der Waals surface area contributed by atoms with Gasteiger partial charge in [0.05, 0.1) is 12.3 Å². The summed E-state index contributed by atoms with van der Waals surface area (Å²) in [6.45, 7) is 0.448. The number of anilines is 1. The van der Waals surface area contributed by atoms with Crippen molar-refractivity contribution < 1.29 is 14.3 Å². The van der Waals surface area contributed by atoms with E-state index >= 15 is 0 Å². The SMILES string of the molecule is NC(=O)c1cc(-c2csc(NC(=O)CCCOc3cccc4ccccc34)n2)c[nH]1. The lowest BCUT2D eigenvalue weighted by Crippen LogP contribution is -2.12. The second kappa shape index (κ2) is 8.79. The van der Waals surface area contributed by atoms with Crippen LogP contribution in [0.2, 0.25) is 0 Å². The van der Waals surface area contributed by atoms with Crippen molar-refractivity contribution >= 4 is 39.1 Å². The van der Waals surface area contributed by atoms with Gasteiger partial charge in [-0.25, -0.2) is 4.98 Å². The predicted octanol–water partition coefficient (Wildman–Crippen LogP) is 4.19. The number of ether oxygens (including phenoxy) is 1. The Labute approximate surface area is 176 Å². The average molecular weight is 420 g/mol. The van der Waals surface area contributed by atoms with E-state index in [4.69, 9.17) is 10.5 Å². The highest BCUT2D eigenvalue weighted by Gasteiger charge is 2.11. The molecule has 2 heterocycles. The third-order valence-electron chi connectivity index (χ3n) is 4.55. The number of thiazole rings is 1. The van der Waals surface area contributed by atoms with Crippen LogP contribution in [0.3, 0.4) is 0 Å². The number of rotatable bonds is 8. The minimum absolute atomic E-state index is 0.121. The standard InChI is InChI=1S/C22H20N4O3S/c23-21(28)17-11-15(12-24-17)18-13-30-22(25-18)26-20(27)9-4-10-29-19-8-3-6-14-5-1-2-7-16(14)19/h1-3,5-8,11-13,24H,4,9-10H2,(H2,23,28)(H,25,26,27). The molecule has 0 aliphatic carbocycles. The lowest BCUT2D eigenvalue weighted by atomic mass is 10.1. The van der Waals surface area contributed by atoms with E-state index in [1.165, 1.54) is 11.3 Å². The molecule has 2 aromatic heterocycles. The molecule has 0 aliphatic heterocycles. The average Bonchev–Trinajstić information content (AvgIpc) is 3.41. The molecule has 152 valence electrons. The number of aromatic amines is 1. The molecule has 0 saturated carbocycles. The Morgan fingerprint density at radius 1 is 1.17 bits per heavy atom. The molecule has 0 saturated heterocycles. The maximum atomic E-state index is 12.2. The molecule has 0 unspecified atom stereocenters. The molecule has 2 aromatic carbocycles. The number of hydrogen-bond acceptors (Lipinski definition) is 5. The molecule has 8 heteroatoms. The summed E-state index contributed by atoms with van der Waals surface area (Å²) in [5.41, 5.74) is 6.96. The summed E-state index contributed by atoms with van der Waals surface area (Å²) in [5, 5.41) is 7.30. The first kappa shape index (κ1) is 19.7. The monoisotopic (exact) mass is 420 g/mol. The number of amides is 2. The molecule has 7 nitrogen and oxygen atoms in total. The molecule has 4 aromatic rings. The Morgan fingerprint density at radius 2 is 2.00 bits per heavy atom. The summed E-state index contributed by atoms with van der Waals surface area (Å²) in [4.78, 5) is 30.6. The number of aromatic nitrogens is 2. The van der Waals surface area contributed by atoms with Crippen LogP contribution in [0.15, 0.2) is 60.1 Å². The van der Waals surface area contributed by atoms with Crippen molar-refractivity contribution in [2.45, 2.75) is 12.8 Å². The summed E-state index contributed by atoms with van der Waals surface area (Å²) in [6, 6.07) is 15.6. The van der Waals surface area contributed by atoms with Gasteiger partial charge in [-0.05, 0) is 23.9 Å². The number of nitrogens with two attached hydrogens (primary N) is 1. The van der Waals surface area contributed by atoms with Crippen LogP contribution in [-0.2, 0) is 4.79 Å². The van der Waals surface area contributed by atoms with Crippen molar-refractivity contribution in [1.82, 2.24) is 9.97 Å². The van der Waals surface area contributed by atoms with Crippen LogP contribution in [0, 0.1) is 0 Å². The van der Waals surface area contributed by atoms with Crippen LogP contribution in [-0.4, -0.2) is 28.4 Å². The van der Waals surface area contributed by atoms with Gasteiger partial charge in [0.25, 0.3) is 5.91 Å². The van der Waals surface area contributed by atoms with Crippen LogP contribution in [0.5, 0.6) is 5.75 Å². The maximum absolute atomic E-state index is 12.2. The van der Waals surface area contributed by atoms with Gasteiger partial charge in [-0.3, -0.25) is 9.59 Å². The fraction of sp³-hybridized carbons (Fsp3) is 0.136. The van der Waals surface area contributed by atoms with E-state index in [-0.39, 0.29) is 5.91 Å². The number of nitrogens with one attached hydrogen (secondary N) is 2. The van der Waals surface area contributed by atoms with Crippen LogP contribution in [0.25, 0.3) is 22.0 Å². The zero-order valence-corrected chi connectivity index (χ0v) is 16.9. The van der Waals surface area contributed by atoms with Gasteiger partial charge < -0.3 is 20.8 Å². The lowest BCUT2D eigenvalue weighted by molar-refractivity contribution is -0.116. The highest BCUT2D eigenvalue weighted by Crippen LogP contribution is 2.26. The summed E-state index contributed by atoms with van der Waals surface area (Å²) in [6.07, 6.45) is 2.58. The Bertz CT molecular complexity index is 1190. The predicted molar refractivity (Wildman–Crippen MR) is 118 cm³/mol. The van der Waals surface area contributed by atoms with Crippen LogP contribution < -0.4 is 15.8 Å². The summed E-state index contributed by atoms with van der Waals surface area (Å²) in [7, 11) is 0. The van der Waals surface area contributed by atoms with Gasteiger partial charge in [0, 0.05) is 28.9 Å². The Hall–Kier alpha value is -3.65. The number of carbonyl (C=O) groups excluding carboxylic acids is 2. The zero-order valence-electron chi connectivity index (χ0n) is 16.1. The lowest BCUT2D eigenvalue weighted by Gasteiger charge is -2.09. The zero-order chi connectivity index (χ0) is 20.9. The summed E-state index contributed by atoms with van der Waals surface area (Å²) in [5.74, 6) is 0.167. The van der Waals surface area contributed by atoms with Crippen molar-refractivity contribution in [2.24, 2.45) is 5.73 Å². The number of primary amides is 1. The first-order valence-electron chi connectivity index (χ1n) is 9.45. The highest BCUT2D eigenvalue weighted by atomic mass is 32.1. The fourth-order valence-corrected chi connectivity index (χ4v) is 3.80. The molecule has 2 amide bonds. The van der Waals surface area contributed by atoms with Crippen LogP contribution >= 0.6 is 11.3 Å². The topological polar surface area (TPSA) is 110 Å². The number of H-pyrrole nitrogens is 1. The molecule has 4 N–H and O–H groups in total. The van der Waals surface area contributed by atoms with E-state index in [1.807, 2.05) is 47.8 Å². The smallest absolute Gasteiger partial charge is 0.265 e. The number of carbonyl (C=O) groups is 2. The van der Waals surface area contributed by atoms with Gasteiger partial charge in [-0.15, -0.1) is 11.3 Å². The van der Waals surface area contributed by atoms with Crippen molar-refractivity contribution in [2.75, 3.05) is 11.9 Å². The van der Waals surface area contributed by atoms with E-state index < -0.39 is 5.91 Å². The first-order chi connectivity index (χ1) is 14.6. The molecule has 0 fully saturated rings. The molecule has 0 spiro atoms. The van der Waals surface area contributed by atoms with Crippen molar-refractivity contribution in [3.63, 3.8) is 0 Å². The molecule has 0 bridgehead atoms. The minimum Gasteiger partial charge on any atom is -0.493 e. The van der Waals surface area contributed by atoms with Crippen molar-refractivity contribution in [3.8, 4) is 17.0 Å². The van der Waals surface area contributed by atoms with E-state index in [0.29, 0.717) is 36.0 Å². The van der Waals surface area contributed by atoms with Gasteiger partial charge >= 0.3 is 0 Å². The van der Waals surface area contributed by atoms with E-state index in [9.17, 15) is 9.59 Å². The van der Waals surface area contributed by atoms with E-state index in [0.717, 1.165) is 22.1 Å². The van der Waals surface area contributed by atoms with Gasteiger partial charge in [-0.1, -0.05) is 36.4 Å². The van der Waals surface area contributed by atoms with E-state index in [1.54, 1.807) is 12.3 Å². The van der Waals surface area contributed by atoms with Gasteiger partial charge in [-0.2, -0.15) is 0 Å². The molecule has 0 atom stereocenters. The number of nitrogens with zero attached hydrogens (tertiary/aromatic N) is 1. The first-order valence-corrected chi connectivity index (χ1v) is 10.3. The fourth-order valence-electron chi connectivity index (χ4n) is 3.07. The highest BCUT2D eigenvalue weighted by molar-refractivity contribution is 7.14. The molecular weight excluding hydrogens is 400 g/mol. The minimum atomic E-state index is -0.532. The quantitative estimate of drug-likeness (QED) is 0.371. The Kier molecular flexibility index (Phi) is 5.76. The largest absolute Gasteiger partial charge is 0.493 e. The van der Waals surface area contributed by atoms with Crippen molar-refractivity contribution in [1.29, 1.82) is 0 Å². The van der Waals surface area contributed by atoms with Gasteiger partial charge in [0.2, 0.25) is 5.91 Å². The number of fused-ring (bicyclic) bond motifs is 1. The molecular formula is C22H20N4O3S. The van der Waals surface area contributed by atoms with Crippen molar-refractivity contribution in [3.05, 3.63) is 65.8 Å². The van der Waals surface area contributed by atoms with Crippen LogP contribution in [0.1, 0.15) is 23.3 Å². The summed E-state index contributed by atoms with van der Waals surface area (Å²) < 4.78 is 5.87. The molecule has 0 radical (unpaired) electrons. The third-order valence-corrected chi connectivity index (χ3v) is 5.31. The van der Waals surface area contributed by atoms with Gasteiger partial charge in [0.1, 0.15) is 11.4 Å². The van der Waals surface area contributed by atoms with E-state index in [2.05, 4.69) is 15.3 Å². The normalized spacial score (nSPS) is 10.8. The number of hydrogen-bond donors (Lipinski definition) is 3. The maximum Gasteiger partial charge on any atom is 0.265 e. The van der Waals surface area contributed by atoms with Crippen LogP contribution in [0.4, 0.5) is 5.13 Å². The van der Waals surface area contributed by atoms with Gasteiger partial charge in [0.15, 0.2) is 5.13 Å². The second-order valence-electron chi connectivity index (χ2n) is 6.68. The Balaban J connectivity index is 1.27. The summed E-state index contributed by atoms with van der Waals surface area (Å²) >= 11 is 1.32. The molecule has 0 aliphatic rings. The number of benzene rings is 2. The molecule has 30 heavy (non-hydrogen) atoms. The second-order valence-corrected chi connectivity index (χ2v) is 7.54.